The van der Waals surface area contributed by atoms with E-state index in [2.05, 4.69) is 10.4 Å². The summed E-state index contributed by atoms with van der Waals surface area (Å²) in [4.78, 5) is 11.4. The van der Waals surface area contributed by atoms with Crippen LogP contribution < -0.4 is 5.32 Å². The van der Waals surface area contributed by atoms with Crippen LogP contribution in [0.25, 0.3) is 0 Å². The highest BCUT2D eigenvalue weighted by atomic mass is 35.5. The van der Waals surface area contributed by atoms with Gasteiger partial charge in [0.15, 0.2) is 0 Å². The Morgan fingerprint density at radius 2 is 2.06 bits per heavy atom. The Morgan fingerprint density at radius 1 is 1.35 bits per heavy atom. The zero-order valence-electron chi connectivity index (χ0n) is 8.99. The largest absolute Gasteiger partial charge is 0.337 e. The molecule has 0 unspecified atom stereocenters. The molecular formula is C11H11Cl2N3O. The number of hydrogen-bond donors (Lipinski definition) is 1. The van der Waals surface area contributed by atoms with Crippen molar-refractivity contribution in [2.24, 2.45) is 5.10 Å². The molecule has 90 valence electrons. The van der Waals surface area contributed by atoms with Crippen LogP contribution >= 0.6 is 23.2 Å². The summed E-state index contributed by atoms with van der Waals surface area (Å²) in [6, 6.07) is 5.02. The van der Waals surface area contributed by atoms with Crippen molar-refractivity contribution in [3.05, 3.63) is 33.8 Å². The van der Waals surface area contributed by atoms with Crippen molar-refractivity contribution >= 4 is 35.4 Å². The van der Waals surface area contributed by atoms with E-state index in [1.54, 1.807) is 18.2 Å². The summed E-state index contributed by atoms with van der Waals surface area (Å²) in [6.07, 6.45) is 2.38. The second-order valence-corrected chi connectivity index (χ2v) is 4.40. The highest BCUT2D eigenvalue weighted by Crippen LogP contribution is 2.22. The van der Waals surface area contributed by atoms with Crippen LogP contribution in [0.5, 0.6) is 0 Å². The van der Waals surface area contributed by atoms with Gasteiger partial charge >= 0.3 is 6.03 Å². The second-order valence-electron chi connectivity index (χ2n) is 3.59. The van der Waals surface area contributed by atoms with Gasteiger partial charge in [0.1, 0.15) is 0 Å². The van der Waals surface area contributed by atoms with Crippen molar-refractivity contribution in [1.82, 2.24) is 10.3 Å². The zero-order valence-corrected chi connectivity index (χ0v) is 10.5. The maximum atomic E-state index is 11.4. The zero-order chi connectivity index (χ0) is 12.3. The molecule has 0 spiro atoms. The molecule has 1 fully saturated rings. The lowest BCUT2D eigenvalue weighted by Crippen LogP contribution is -2.43. The number of urea groups is 1. The number of nitrogens with zero attached hydrogens (tertiary/aromatic N) is 2. The Hall–Kier alpha value is -1.26. The quantitative estimate of drug-likeness (QED) is 0.826. The molecule has 2 amide bonds. The Balaban J connectivity index is 2.17. The lowest BCUT2D eigenvalue weighted by molar-refractivity contribution is 0.189. The fraction of sp³-hybridized carbons (Fsp3) is 0.273. The molecule has 1 aliphatic heterocycles. The average Bonchev–Trinajstić information content (AvgIpc) is 2.30. The first kappa shape index (κ1) is 12.2. The van der Waals surface area contributed by atoms with Gasteiger partial charge in [-0.2, -0.15) is 5.10 Å². The number of nitrogens with one attached hydrogen (secondary N) is 1. The van der Waals surface area contributed by atoms with E-state index >= 15 is 0 Å². The van der Waals surface area contributed by atoms with E-state index in [1.807, 2.05) is 0 Å². The topological polar surface area (TPSA) is 44.7 Å². The Labute approximate surface area is 109 Å². The van der Waals surface area contributed by atoms with Crippen LogP contribution in [0.15, 0.2) is 23.3 Å². The third-order valence-corrected chi connectivity index (χ3v) is 3.04. The van der Waals surface area contributed by atoms with E-state index in [0.717, 1.165) is 6.42 Å². The van der Waals surface area contributed by atoms with E-state index in [0.29, 0.717) is 28.7 Å². The third kappa shape index (κ3) is 2.90. The van der Waals surface area contributed by atoms with Gasteiger partial charge in [0, 0.05) is 18.7 Å². The summed E-state index contributed by atoms with van der Waals surface area (Å²) in [5, 5.41) is 9.18. The van der Waals surface area contributed by atoms with Crippen molar-refractivity contribution in [2.45, 2.75) is 6.42 Å². The van der Waals surface area contributed by atoms with Crippen molar-refractivity contribution in [3.8, 4) is 0 Å². The number of rotatable bonds is 2. The first-order valence-corrected chi connectivity index (χ1v) is 5.97. The standard InChI is InChI=1S/C11H11Cl2N3O/c12-9-3-1-4-10(13)8(9)7-15-16-6-2-5-14-11(16)17/h1,3-4,7H,2,5-6H2,(H,14,17)/b15-7+. The maximum Gasteiger partial charge on any atom is 0.337 e. The van der Waals surface area contributed by atoms with E-state index in [4.69, 9.17) is 23.2 Å². The summed E-state index contributed by atoms with van der Waals surface area (Å²) in [6.45, 7) is 1.29. The molecule has 4 nitrogen and oxygen atoms in total. The van der Waals surface area contributed by atoms with Gasteiger partial charge in [-0.3, -0.25) is 0 Å². The lowest BCUT2D eigenvalue weighted by Gasteiger charge is -2.22. The van der Waals surface area contributed by atoms with Crippen LogP contribution in [-0.4, -0.2) is 30.3 Å². The number of halogens is 2. The number of carbonyl (C=O) groups excluding carboxylic acids is 1. The minimum absolute atomic E-state index is 0.198. The van der Waals surface area contributed by atoms with Crippen LogP contribution in [0.4, 0.5) is 4.79 Å². The van der Waals surface area contributed by atoms with Gasteiger partial charge in [-0.1, -0.05) is 29.3 Å². The highest BCUT2D eigenvalue weighted by Gasteiger charge is 2.16. The van der Waals surface area contributed by atoms with Gasteiger partial charge in [0.2, 0.25) is 0 Å². The molecule has 0 atom stereocenters. The molecule has 1 aromatic rings. The van der Waals surface area contributed by atoms with Crippen molar-refractivity contribution in [1.29, 1.82) is 0 Å². The van der Waals surface area contributed by atoms with Crippen LogP contribution in [0, 0.1) is 0 Å². The normalized spacial score (nSPS) is 16.4. The third-order valence-electron chi connectivity index (χ3n) is 2.38. The van der Waals surface area contributed by atoms with Gasteiger partial charge in [-0.05, 0) is 18.6 Å². The summed E-state index contributed by atoms with van der Waals surface area (Å²) >= 11 is 12.0. The SMILES string of the molecule is O=C1NCCCN1/N=C/c1c(Cl)cccc1Cl. The van der Waals surface area contributed by atoms with Crippen molar-refractivity contribution in [2.75, 3.05) is 13.1 Å². The highest BCUT2D eigenvalue weighted by molar-refractivity contribution is 6.38. The Bertz CT molecular complexity index is 442. The van der Waals surface area contributed by atoms with Gasteiger partial charge < -0.3 is 5.32 Å². The molecule has 1 N–H and O–H groups in total. The smallest absolute Gasteiger partial charge is 0.336 e. The second kappa shape index (κ2) is 5.38. The lowest BCUT2D eigenvalue weighted by atomic mass is 10.2. The molecule has 0 bridgehead atoms. The molecule has 6 heteroatoms. The maximum absolute atomic E-state index is 11.4. The Kier molecular flexibility index (Phi) is 3.86. The van der Waals surface area contributed by atoms with Crippen LogP contribution in [-0.2, 0) is 0 Å². The molecule has 0 radical (unpaired) electrons. The van der Waals surface area contributed by atoms with Crippen LogP contribution in [0.3, 0.4) is 0 Å². The average molecular weight is 272 g/mol. The number of benzene rings is 1. The molecule has 0 aromatic heterocycles. The van der Waals surface area contributed by atoms with Gasteiger partial charge in [-0.25, -0.2) is 9.80 Å². The summed E-state index contributed by atoms with van der Waals surface area (Å²) in [5.41, 5.74) is 0.620. The fourth-order valence-electron chi connectivity index (χ4n) is 1.49. The number of hydrogen-bond acceptors (Lipinski definition) is 2. The predicted molar refractivity (Wildman–Crippen MR) is 68.8 cm³/mol. The van der Waals surface area contributed by atoms with Crippen LogP contribution in [0.1, 0.15) is 12.0 Å². The van der Waals surface area contributed by atoms with Crippen molar-refractivity contribution < 1.29 is 4.79 Å². The van der Waals surface area contributed by atoms with E-state index in [1.165, 1.54) is 11.2 Å². The molecule has 0 saturated carbocycles. The van der Waals surface area contributed by atoms with E-state index in [-0.39, 0.29) is 6.03 Å². The molecule has 1 aromatic carbocycles. The molecule has 1 aliphatic rings. The monoisotopic (exact) mass is 271 g/mol. The Morgan fingerprint density at radius 3 is 2.71 bits per heavy atom. The minimum atomic E-state index is -0.198. The first-order valence-electron chi connectivity index (χ1n) is 5.22. The number of carbonyl (C=O) groups is 1. The van der Waals surface area contributed by atoms with Gasteiger partial charge in [-0.15, -0.1) is 0 Å². The van der Waals surface area contributed by atoms with E-state index in [9.17, 15) is 4.79 Å². The molecule has 1 heterocycles. The minimum Gasteiger partial charge on any atom is -0.336 e. The molecule has 0 aliphatic carbocycles. The molecule has 17 heavy (non-hydrogen) atoms. The summed E-state index contributed by atoms with van der Waals surface area (Å²) in [5.74, 6) is 0. The summed E-state index contributed by atoms with van der Waals surface area (Å²) < 4.78 is 0. The molecule has 2 rings (SSSR count). The van der Waals surface area contributed by atoms with Crippen LogP contribution in [0.2, 0.25) is 10.0 Å². The predicted octanol–water partition coefficient (Wildman–Crippen LogP) is 2.74. The number of hydrazone groups is 1. The van der Waals surface area contributed by atoms with Gasteiger partial charge in [0.05, 0.1) is 16.3 Å². The number of amides is 2. The first-order chi connectivity index (χ1) is 8.18. The molecular weight excluding hydrogens is 261 g/mol. The molecule has 1 saturated heterocycles. The fourth-order valence-corrected chi connectivity index (χ4v) is 1.98. The summed E-state index contributed by atoms with van der Waals surface area (Å²) in [7, 11) is 0. The van der Waals surface area contributed by atoms with Crippen molar-refractivity contribution in [3.63, 3.8) is 0 Å². The van der Waals surface area contributed by atoms with E-state index < -0.39 is 0 Å². The van der Waals surface area contributed by atoms with Gasteiger partial charge in [0.25, 0.3) is 0 Å².